The molecule has 21 heavy (non-hydrogen) atoms. The molecule has 1 aliphatic rings. The molecule has 1 N–H and O–H groups in total. The molecule has 2 aromatic rings. The monoisotopic (exact) mass is 290 g/mol. The Morgan fingerprint density at radius 3 is 2.95 bits per heavy atom. The van der Waals surface area contributed by atoms with Gasteiger partial charge in [-0.1, -0.05) is 5.16 Å². The van der Waals surface area contributed by atoms with Crippen molar-refractivity contribution in [1.82, 2.24) is 20.4 Å². The maximum absolute atomic E-state index is 12.1. The van der Waals surface area contributed by atoms with Gasteiger partial charge in [0.1, 0.15) is 11.5 Å². The van der Waals surface area contributed by atoms with Crippen LogP contribution in [-0.4, -0.2) is 40.1 Å². The topological polar surface area (TPSA) is 84.4 Å². The second-order valence-corrected chi connectivity index (χ2v) is 5.23. The van der Waals surface area contributed by atoms with Crippen molar-refractivity contribution >= 4 is 5.91 Å². The van der Waals surface area contributed by atoms with Gasteiger partial charge >= 0.3 is 0 Å². The number of nitrogens with one attached hydrogen (secondary N) is 1. The van der Waals surface area contributed by atoms with Gasteiger partial charge in [0.2, 0.25) is 11.8 Å². The first-order valence-electron chi connectivity index (χ1n) is 6.98. The van der Waals surface area contributed by atoms with Crippen molar-refractivity contribution in [3.63, 3.8) is 0 Å². The molecule has 3 heterocycles. The van der Waals surface area contributed by atoms with Crippen molar-refractivity contribution in [3.8, 4) is 0 Å². The molecule has 3 rings (SSSR count). The fourth-order valence-corrected chi connectivity index (χ4v) is 2.53. The van der Waals surface area contributed by atoms with Crippen molar-refractivity contribution in [2.75, 3.05) is 13.1 Å². The van der Waals surface area contributed by atoms with E-state index in [0.29, 0.717) is 31.2 Å². The van der Waals surface area contributed by atoms with Gasteiger partial charge in [0.25, 0.3) is 0 Å². The zero-order valence-corrected chi connectivity index (χ0v) is 12.1. The van der Waals surface area contributed by atoms with Gasteiger partial charge in [-0.05, 0) is 26.0 Å². The van der Waals surface area contributed by atoms with Crippen LogP contribution in [0.2, 0.25) is 0 Å². The smallest absolute Gasteiger partial charge is 0.237 e. The van der Waals surface area contributed by atoms with Crippen LogP contribution < -0.4 is 5.32 Å². The van der Waals surface area contributed by atoms with Crippen LogP contribution in [0, 0.1) is 13.8 Å². The van der Waals surface area contributed by atoms with Crippen molar-refractivity contribution < 1.29 is 13.7 Å². The molecule has 0 unspecified atom stereocenters. The molecule has 0 saturated carbocycles. The number of piperazine rings is 1. The molecule has 0 aromatic carbocycles. The van der Waals surface area contributed by atoms with Crippen molar-refractivity contribution in [3.05, 3.63) is 35.4 Å². The van der Waals surface area contributed by atoms with E-state index < -0.39 is 0 Å². The highest BCUT2D eigenvalue weighted by Gasteiger charge is 2.31. The third kappa shape index (κ3) is 3.13. The van der Waals surface area contributed by atoms with Crippen LogP contribution in [-0.2, 0) is 17.8 Å². The summed E-state index contributed by atoms with van der Waals surface area (Å²) in [5.74, 6) is 2.77. The van der Waals surface area contributed by atoms with Gasteiger partial charge in [0.05, 0.1) is 19.0 Å². The Morgan fingerprint density at radius 1 is 1.43 bits per heavy atom. The number of carbonyl (C=O) groups excluding carboxylic acids is 1. The molecular weight excluding hydrogens is 272 g/mol. The Labute approximate surface area is 122 Å². The molecule has 1 atom stereocenters. The molecule has 0 spiro atoms. The second kappa shape index (κ2) is 5.69. The maximum Gasteiger partial charge on any atom is 0.237 e. The average molecular weight is 290 g/mol. The number of rotatable bonds is 4. The first-order valence-corrected chi connectivity index (χ1v) is 6.98. The number of hydrogen-bond acceptors (Lipinski definition) is 6. The lowest BCUT2D eigenvalue weighted by atomic mass is 10.1. The average Bonchev–Trinajstić information content (AvgIpc) is 3.03. The molecule has 0 bridgehead atoms. The van der Waals surface area contributed by atoms with E-state index in [2.05, 4.69) is 20.4 Å². The van der Waals surface area contributed by atoms with Gasteiger partial charge in [-0.3, -0.25) is 9.69 Å². The first-order chi connectivity index (χ1) is 10.1. The first kappa shape index (κ1) is 13.8. The lowest BCUT2D eigenvalue weighted by Crippen LogP contribution is -2.55. The number of furan rings is 1. The maximum atomic E-state index is 12.1. The SMILES string of the molecule is Cc1noc(C[C@@H]2C(=O)NCCN2Cc2ccc(C)o2)n1. The minimum atomic E-state index is -0.316. The summed E-state index contributed by atoms with van der Waals surface area (Å²) in [6.45, 7) is 5.67. The minimum absolute atomic E-state index is 0.0135. The van der Waals surface area contributed by atoms with E-state index in [1.54, 1.807) is 6.92 Å². The fourth-order valence-electron chi connectivity index (χ4n) is 2.53. The Morgan fingerprint density at radius 2 is 2.29 bits per heavy atom. The summed E-state index contributed by atoms with van der Waals surface area (Å²) in [4.78, 5) is 18.4. The number of carbonyl (C=O) groups is 1. The molecule has 7 heteroatoms. The minimum Gasteiger partial charge on any atom is -0.465 e. The zero-order valence-electron chi connectivity index (χ0n) is 12.1. The summed E-state index contributed by atoms with van der Waals surface area (Å²) in [7, 11) is 0. The van der Waals surface area contributed by atoms with Crippen molar-refractivity contribution in [2.45, 2.75) is 32.9 Å². The summed E-state index contributed by atoms with van der Waals surface area (Å²) in [5, 5.41) is 6.64. The van der Waals surface area contributed by atoms with Gasteiger partial charge in [-0.25, -0.2) is 0 Å². The van der Waals surface area contributed by atoms with E-state index in [1.807, 2.05) is 19.1 Å². The highest BCUT2D eigenvalue weighted by atomic mass is 16.5. The Hall–Kier alpha value is -2.15. The standard InChI is InChI=1S/C14H18N4O3/c1-9-3-4-11(20-9)8-18-6-5-15-14(19)12(18)7-13-16-10(2)17-21-13/h3-4,12H,5-8H2,1-2H3,(H,15,19)/t12-/m1/s1. The predicted molar refractivity (Wildman–Crippen MR) is 73.4 cm³/mol. The molecular formula is C14H18N4O3. The van der Waals surface area contributed by atoms with E-state index in [0.717, 1.165) is 18.1 Å². The van der Waals surface area contributed by atoms with Crippen LogP contribution in [0.5, 0.6) is 0 Å². The van der Waals surface area contributed by atoms with Gasteiger partial charge in [-0.15, -0.1) is 0 Å². The molecule has 1 fully saturated rings. The quantitative estimate of drug-likeness (QED) is 0.897. The highest BCUT2D eigenvalue weighted by molar-refractivity contribution is 5.82. The second-order valence-electron chi connectivity index (χ2n) is 5.23. The van der Waals surface area contributed by atoms with Crippen LogP contribution >= 0.6 is 0 Å². The summed E-state index contributed by atoms with van der Waals surface area (Å²) in [6, 6.07) is 3.55. The predicted octanol–water partition coefficient (Wildman–Crippen LogP) is 0.823. The molecule has 7 nitrogen and oxygen atoms in total. The third-order valence-electron chi connectivity index (χ3n) is 3.53. The van der Waals surface area contributed by atoms with E-state index in [-0.39, 0.29) is 11.9 Å². The van der Waals surface area contributed by atoms with E-state index >= 15 is 0 Å². The van der Waals surface area contributed by atoms with Crippen LogP contribution in [0.4, 0.5) is 0 Å². The van der Waals surface area contributed by atoms with Crippen molar-refractivity contribution in [1.29, 1.82) is 0 Å². The van der Waals surface area contributed by atoms with Crippen LogP contribution in [0.1, 0.15) is 23.2 Å². The van der Waals surface area contributed by atoms with Gasteiger partial charge in [0, 0.05) is 13.1 Å². The van der Waals surface area contributed by atoms with E-state index in [9.17, 15) is 4.79 Å². The van der Waals surface area contributed by atoms with Crippen LogP contribution in [0.25, 0.3) is 0 Å². The largest absolute Gasteiger partial charge is 0.465 e. The number of nitrogens with zero attached hydrogens (tertiary/aromatic N) is 3. The molecule has 0 radical (unpaired) electrons. The zero-order chi connectivity index (χ0) is 14.8. The summed E-state index contributed by atoms with van der Waals surface area (Å²) < 4.78 is 10.7. The van der Waals surface area contributed by atoms with Crippen molar-refractivity contribution in [2.24, 2.45) is 0 Å². The van der Waals surface area contributed by atoms with E-state index in [4.69, 9.17) is 8.94 Å². The van der Waals surface area contributed by atoms with Gasteiger partial charge < -0.3 is 14.3 Å². The lowest BCUT2D eigenvalue weighted by Gasteiger charge is -2.33. The Kier molecular flexibility index (Phi) is 3.74. The molecule has 112 valence electrons. The van der Waals surface area contributed by atoms with Gasteiger partial charge in [0.15, 0.2) is 5.82 Å². The summed E-state index contributed by atoms with van der Waals surface area (Å²) in [5.41, 5.74) is 0. The van der Waals surface area contributed by atoms with Crippen LogP contribution in [0.15, 0.2) is 21.1 Å². The fraction of sp³-hybridized carbons (Fsp3) is 0.500. The molecule has 2 aromatic heterocycles. The summed E-state index contributed by atoms with van der Waals surface area (Å²) in [6.07, 6.45) is 0.409. The van der Waals surface area contributed by atoms with E-state index in [1.165, 1.54) is 0 Å². The van der Waals surface area contributed by atoms with Gasteiger partial charge in [-0.2, -0.15) is 4.98 Å². The molecule has 1 amide bonds. The third-order valence-corrected chi connectivity index (χ3v) is 3.53. The number of aryl methyl sites for hydroxylation is 2. The highest BCUT2D eigenvalue weighted by Crippen LogP contribution is 2.16. The molecule has 1 aliphatic heterocycles. The molecule has 0 aliphatic carbocycles. The normalized spacial score (nSPS) is 19.7. The summed E-state index contributed by atoms with van der Waals surface area (Å²) >= 11 is 0. The molecule has 1 saturated heterocycles. The Bertz CT molecular complexity index is 634. The number of hydrogen-bond donors (Lipinski definition) is 1. The Balaban J connectivity index is 1.74. The van der Waals surface area contributed by atoms with Crippen LogP contribution in [0.3, 0.4) is 0 Å². The number of amides is 1. The lowest BCUT2D eigenvalue weighted by molar-refractivity contribution is -0.129. The number of aromatic nitrogens is 2.